The van der Waals surface area contributed by atoms with Crippen LogP contribution in [0.3, 0.4) is 0 Å². The van der Waals surface area contributed by atoms with Crippen LogP contribution in [-0.4, -0.2) is 74.2 Å². The molecule has 2 aliphatic rings. The average molecular weight is 453 g/mol. The number of rotatable bonds is 7. The molecule has 2 aromatic heterocycles. The molecule has 1 aromatic carbocycles. The minimum absolute atomic E-state index is 0.0994. The molecule has 166 valence electrons. The molecule has 3 N–H and O–H groups in total. The summed E-state index contributed by atoms with van der Waals surface area (Å²) < 4.78 is 0. The van der Waals surface area contributed by atoms with Crippen molar-refractivity contribution in [3.8, 4) is 0 Å². The molecule has 12 heteroatoms. The maximum absolute atomic E-state index is 12.0. The molecule has 0 atom stereocenters. The molecule has 0 radical (unpaired) electrons. The van der Waals surface area contributed by atoms with Crippen LogP contribution in [0.5, 0.6) is 0 Å². The lowest BCUT2D eigenvalue weighted by Crippen LogP contribution is -2.45. The normalized spacial score (nSPS) is 16.7. The third-order valence-corrected chi connectivity index (χ3v) is 6.18. The Morgan fingerprint density at radius 1 is 1.06 bits per heavy atom. The number of aromatic nitrogens is 6. The predicted octanol–water partition coefficient (Wildman–Crippen LogP) is 1.98. The summed E-state index contributed by atoms with van der Waals surface area (Å²) in [5, 5.41) is 13.2. The molecule has 2 fully saturated rings. The molecule has 1 aliphatic heterocycles. The van der Waals surface area contributed by atoms with Crippen LogP contribution >= 0.6 is 11.8 Å². The van der Waals surface area contributed by atoms with E-state index in [2.05, 4.69) is 52.6 Å². The number of aromatic amines is 1. The summed E-state index contributed by atoms with van der Waals surface area (Å²) in [5.41, 5.74) is 0.798. The fraction of sp³-hybridized carbons (Fsp3) is 0.400. The quantitative estimate of drug-likeness (QED) is 0.489. The summed E-state index contributed by atoms with van der Waals surface area (Å²) >= 11 is 1.44. The van der Waals surface area contributed by atoms with Crippen molar-refractivity contribution < 1.29 is 4.79 Å². The number of carbonyl (C=O) groups excluding carboxylic acids is 1. The molecule has 1 aliphatic carbocycles. The minimum Gasteiger partial charge on any atom is -0.338 e. The Hall–Kier alpha value is -3.25. The SMILES string of the molecule is CN1CCN(c2nc(Nc3nc[nH]n3)nc(Sc3ccc(NC(=O)C4CC4)cc3)n2)CC1. The van der Waals surface area contributed by atoms with E-state index in [1.165, 1.54) is 18.1 Å². The zero-order chi connectivity index (χ0) is 21.9. The van der Waals surface area contributed by atoms with Crippen molar-refractivity contribution in [3.05, 3.63) is 30.6 Å². The van der Waals surface area contributed by atoms with E-state index in [1.807, 2.05) is 24.3 Å². The molecular weight excluding hydrogens is 428 g/mol. The standard InChI is InChI=1S/C20H24N10OS/c1-29-8-10-30(11-9-29)19-25-18(24-17-21-12-22-28-17)26-20(27-19)32-15-6-4-14(5-7-15)23-16(31)13-2-3-13/h4-7,12-13H,2-3,8-11H2,1H3,(H,23,31)(H2,21,22,24,25,26,27,28). The Balaban J connectivity index is 1.34. The lowest BCUT2D eigenvalue weighted by Gasteiger charge is -2.32. The summed E-state index contributed by atoms with van der Waals surface area (Å²) in [7, 11) is 2.11. The highest BCUT2D eigenvalue weighted by molar-refractivity contribution is 7.99. The highest BCUT2D eigenvalue weighted by Gasteiger charge is 2.29. The van der Waals surface area contributed by atoms with Crippen LogP contribution in [0.25, 0.3) is 0 Å². The number of likely N-dealkylation sites (N-methyl/N-ethyl adjacent to an activating group) is 1. The molecule has 1 saturated carbocycles. The van der Waals surface area contributed by atoms with E-state index in [0.717, 1.165) is 49.6 Å². The molecule has 11 nitrogen and oxygen atoms in total. The van der Waals surface area contributed by atoms with Gasteiger partial charge in [0.25, 0.3) is 0 Å². The number of nitrogens with one attached hydrogen (secondary N) is 3. The van der Waals surface area contributed by atoms with Gasteiger partial charge >= 0.3 is 0 Å². The lowest BCUT2D eigenvalue weighted by atomic mass is 10.3. The third-order valence-electron chi connectivity index (χ3n) is 5.31. The fourth-order valence-electron chi connectivity index (χ4n) is 3.27. The molecular formula is C20H24N10OS. The topological polar surface area (TPSA) is 128 Å². The first kappa shape index (κ1) is 20.6. The number of hydrogen-bond donors (Lipinski definition) is 3. The molecule has 0 unspecified atom stereocenters. The fourth-order valence-corrected chi connectivity index (χ4v) is 4.01. The highest BCUT2D eigenvalue weighted by atomic mass is 32.2. The number of amides is 1. The van der Waals surface area contributed by atoms with E-state index in [9.17, 15) is 4.79 Å². The number of nitrogens with zero attached hydrogens (tertiary/aromatic N) is 7. The van der Waals surface area contributed by atoms with E-state index in [-0.39, 0.29) is 11.8 Å². The van der Waals surface area contributed by atoms with Crippen molar-refractivity contribution in [3.63, 3.8) is 0 Å². The van der Waals surface area contributed by atoms with Crippen LogP contribution in [0, 0.1) is 5.92 Å². The monoisotopic (exact) mass is 452 g/mol. The van der Waals surface area contributed by atoms with Crippen LogP contribution in [0.15, 0.2) is 40.6 Å². The molecule has 32 heavy (non-hydrogen) atoms. The first-order valence-electron chi connectivity index (χ1n) is 10.5. The number of carbonyl (C=O) groups is 1. The average Bonchev–Trinajstić information content (AvgIpc) is 3.53. The van der Waals surface area contributed by atoms with Gasteiger partial charge in [-0.05, 0) is 55.9 Å². The van der Waals surface area contributed by atoms with Gasteiger partial charge in [0.1, 0.15) is 6.33 Å². The van der Waals surface area contributed by atoms with Gasteiger partial charge in [-0.15, -0.1) is 5.10 Å². The molecule has 0 spiro atoms. The van der Waals surface area contributed by atoms with E-state index in [4.69, 9.17) is 4.98 Å². The molecule has 1 saturated heterocycles. The maximum atomic E-state index is 12.0. The first-order valence-corrected chi connectivity index (χ1v) is 11.4. The summed E-state index contributed by atoms with van der Waals surface area (Å²) in [4.78, 5) is 35.3. The molecule has 3 aromatic rings. The van der Waals surface area contributed by atoms with Crippen molar-refractivity contribution in [2.24, 2.45) is 5.92 Å². The van der Waals surface area contributed by atoms with Gasteiger partial charge in [-0.3, -0.25) is 15.2 Å². The Morgan fingerprint density at radius 2 is 1.84 bits per heavy atom. The number of hydrogen-bond acceptors (Lipinski definition) is 10. The second-order valence-electron chi connectivity index (χ2n) is 7.87. The van der Waals surface area contributed by atoms with Crippen LogP contribution < -0.4 is 15.5 Å². The van der Waals surface area contributed by atoms with Gasteiger partial charge in [-0.2, -0.15) is 15.0 Å². The van der Waals surface area contributed by atoms with Crippen molar-refractivity contribution >= 4 is 41.2 Å². The molecule has 1 amide bonds. The first-order chi connectivity index (χ1) is 15.6. The van der Waals surface area contributed by atoms with Gasteiger partial charge < -0.3 is 15.1 Å². The van der Waals surface area contributed by atoms with E-state index >= 15 is 0 Å². The second-order valence-corrected chi connectivity index (χ2v) is 8.91. The third kappa shape index (κ3) is 5.14. The van der Waals surface area contributed by atoms with Crippen molar-refractivity contribution in [1.29, 1.82) is 0 Å². The number of anilines is 4. The molecule has 0 bridgehead atoms. The Kier molecular flexibility index (Phi) is 5.86. The second kappa shape index (κ2) is 9.09. The predicted molar refractivity (Wildman–Crippen MR) is 121 cm³/mol. The van der Waals surface area contributed by atoms with Gasteiger partial charge in [0.15, 0.2) is 5.16 Å². The number of H-pyrrole nitrogens is 1. The molecule has 3 heterocycles. The summed E-state index contributed by atoms with van der Waals surface area (Å²) in [5.74, 6) is 1.69. The zero-order valence-electron chi connectivity index (χ0n) is 17.7. The largest absolute Gasteiger partial charge is 0.338 e. The van der Waals surface area contributed by atoms with Gasteiger partial charge in [-0.25, -0.2) is 4.98 Å². The maximum Gasteiger partial charge on any atom is 0.248 e. The summed E-state index contributed by atoms with van der Waals surface area (Å²) in [6.07, 6.45) is 3.46. The number of benzene rings is 1. The van der Waals surface area contributed by atoms with E-state index in [0.29, 0.717) is 23.0 Å². The molecule has 5 rings (SSSR count). The van der Waals surface area contributed by atoms with Crippen molar-refractivity contribution in [2.75, 3.05) is 48.8 Å². The highest BCUT2D eigenvalue weighted by Crippen LogP contribution is 2.31. The van der Waals surface area contributed by atoms with Gasteiger partial charge in [0.2, 0.25) is 23.8 Å². The van der Waals surface area contributed by atoms with E-state index < -0.39 is 0 Å². The van der Waals surface area contributed by atoms with Crippen molar-refractivity contribution in [2.45, 2.75) is 22.9 Å². The van der Waals surface area contributed by atoms with Gasteiger partial charge in [-0.1, -0.05) is 0 Å². The summed E-state index contributed by atoms with van der Waals surface area (Å²) in [6.45, 7) is 3.60. The van der Waals surface area contributed by atoms with Crippen molar-refractivity contribution in [1.82, 2.24) is 35.0 Å². The zero-order valence-corrected chi connectivity index (χ0v) is 18.5. The van der Waals surface area contributed by atoms with Gasteiger partial charge in [0.05, 0.1) is 0 Å². The van der Waals surface area contributed by atoms with Crippen LogP contribution in [-0.2, 0) is 4.79 Å². The van der Waals surface area contributed by atoms with Crippen LogP contribution in [0.4, 0.5) is 23.5 Å². The smallest absolute Gasteiger partial charge is 0.248 e. The number of piperazine rings is 1. The Morgan fingerprint density at radius 3 is 2.53 bits per heavy atom. The van der Waals surface area contributed by atoms with Crippen LogP contribution in [0.1, 0.15) is 12.8 Å². The van der Waals surface area contributed by atoms with Gasteiger partial charge in [0, 0.05) is 42.7 Å². The Labute approximate surface area is 189 Å². The summed E-state index contributed by atoms with van der Waals surface area (Å²) in [6, 6.07) is 7.71. The van der Waals surface area contributed by atoms with E-state index in [1.54, 1.807) is 0 Å². The minimum atomic E-state index is 0.0994. The van der Waals surface area contributed by atoms with Crippen LogP contribution in [0.2, 0.25) is 0 Å². The lowest BCUT2D eigenvalue weighted by molar-refractivity contribution is -0.117. The Bertz CT molecular complexity index is 1060.